The topological polar surface area (TPSA) is 49.4 Å². The average Bonchev–Trinajstić information content (AvgIpc) is 2.92. The molecular weight excluding hydrogens is 276 g/mol. The van der Waals surface area contributed by atoms with Crippen molar-refractivity contribution in [1.82, 2.24) is 4.57 Å². The smallest absolute Gasteiger partial charge is 0.161 e. The number of ether oxygens (including phenoxy) is 2. The van der Waals surface area contributed by atoms with E-state index in [2.05, 4.69) is 23.8 Å². The Kier molecular flexibility index (Phi) is 3.92. The summed E-state index contributed by atoms with van der Waals surface area (Å²) < 4.78 is 13.4. The Bertz CT molecular complexity index is 793. The SMILES string of the molecule is CCn1cc(COc2ccccc2OC)c2cccc(N)c21. The molecule has 2 N–H and O–H groups in total. The van der Waals surface area contributed by atoms with Gasteiger partial charge >= 0.3 is 0 Å². The molecule has 3 rings (SSSR count). The van der Waals surface area contributed by atoms with E-state index in [-0.39, 0.29) is 0 Å². The molecule has 0 saturated carbocycles. The van der Waals surface area contributed by atoms with E-state index in [9.17, 15) is 0 Å². The summed E-state index contributed by atoms with van der Waals surface area (Å²) in [6.07, 6.45) is 2.11. The van der Waals surface area contributed by atoms with Crippen LogP contribution in [0.25, 0.3) is 10.9 Å². The molecule has 22 heavy (non-hydrogen) atoms. The molecule has 0 aliphatic rings. The second-order valence-electron chi connectivity index (χ2n) is 5.12. The molecule has 0 radical (unpaired) electrons. The van der Waals surface area contributed by atoms with Gasteiger partial charge in [0.2, 0.25) is 0 Å². The van der Waals surface area contributed by atoms with Gasteiger partial charge in [-0.05, 0) is 25.1 Å². The van der Waals surface area contributed by atoms with E-state index >= 15 is 0 Å². The van der Waals surface area contributed by atoms with Crippen molar-refractivity contribution in [3.63, 3.8) is 0 Å². The average molecular weight is 296 g/mol. The highest BCUT2D eigenvalue weighted by Crippen LogP contribution is 2.30. The highest BCUT2D eigenvalue weighted by Gasteiger charge is 2.11. The van der Waals surface area contributed by atoms with E-state index in [4.69, 9.17) is 15.2 Å². The van der Waals surface area contributed by atoms with E-state index in [1.54, 1.807) is 7.11 Å². The van der Waals surface area contributed by atoms with Crippen LogP contribution in [0.15, 0.2) is 48.7 Å². The normalized spacial score (nSPS) is 10.8. The molecule has 0 atom stereocenters. The van der Waals surface area contributed by atoms with E-state index in [1.165, 1.54) is 0 Å². The lowest BCUT2D eigenvalue weighted by Crippen LogP contribution is -1.97. The van der Waals surface area contributed by atoms with E-state index in [0.29, 0.717) is 6.61 Å². The Morgan fingerprint density at radius 2 is 1.82 bits per heavy atom. The van der Waals surface area contributed by atoms with Crippen molar-refractivity contribution in [3.8, 4) is 11.5 Å². The summed E-state index contributed by atoms with van der Waals surface area (Å²) in [5, 5.41) is 1.14. The molecule has 0 saturated heterocycles. The van der Waals surface area contributed by atoms with Crippen molar-refractivity contribution < 1.29 is 9.47 Å². The van der Waals surface area contributed by atoms with Crippen molar-refractivity contribution in [2.45, 2.75) is 20.1 Å². The number of methoxy groups -OCH3 is 1. The molecule has 1 aromatic heterocycles. The predicted octanol–water partition coefficient (Wildman–Crippen LogP) is 3.83. The maximum absolute atomic E-state index is 6.12. The zero-order valence-corrected chi connectivity index (χ0v) is 12.9. The van der Waals surface area contributed by atoms with Crippen LogP contribution in [-0.2, 0) is 13.2 Å². The Morgan fingerprint density at radius 1 is 1.05 bits per heavy atom. The number of hydrogen-bond acceptors (Lipinski definition) is 3. The fourth-order valence-electron chi connectivity index (χ4n) is 2.72. The molecule has 0 spiro atoms. The van der Waals surface area contributed by atoms with Crippen LogP contribution in [-0.4, -0.2) is 11.7 Å². The van der Waals surface area contributed by atoms with E-state index in [0.717, 1.165) is 40.2 Å². The minimum atomic E-state index is 0.479. The van der Waals surface area contributed by atoms with Gasteiger partial charge in [0.15, 0.2) is 11.5 Å². The van der Waals surface area contributed by atoms with Gasteiger partial charge in [-0.25, -0.2) is 0 Å². The molecule has 114 valence electrons. The minimum absolute atomic E-state index is 0.479. The lowest BCUT2D eigenvalue weighted by atomic mass is 10.1. The maximum Gasteiger partial charge on any atom is 0.161 e. The Balaban J connectivity index is 1.93. The second kappa shape index (κ2) is 6.02. The molecule has 4 nitrogen and oxygen atoms in total. The Labute approximate surface area is 130 Å². The van der Waals surface area contributed by atoms with Gasteiger partial charge < -0.3 is 19.8 Å². The molecule has 0 bridgehead atoms. The molecule has 4 heteroatoms. The van der Waals surface area contributed by atoms with Crippen LogP contribution in [0.5, 0.6) is 11.5 Å². The molecule has 0 amide bonds. The van der Waals surface area contributed by atoms with Crippen molar-refractivity contribution in [3.05, 3.63) is 54.2 Å². The first-order chi connectivity index (χ1) is 10.7. The first kappa shape index (κ1) is 14.3. The van der Waals surface area contributed by atoms with Gasteiger partial charge in [0.1, 0.15) is 6.61 Å². The number of anilines is 1. The summed E-state index contributed by atoms with van der Waals surface area (Å²) in [6.45, 7) is 3.46. The Morgan fingerprint density at radius 3 is 2.55 bits per heavy atom. The number of rotatable bonds is 5. The van der Waals surface area contributed by atoms with Gasteiger partial charge in [0, 0.05) is 23.7 Å². The van der Waals surface area contributed by atoms with E-state index < -0.39 is 0 Å². The van der Waals surface area contributed by atoms with Gasteiger partial charge in [0.25, 0.3) is 0 Å². The third-order valence-corrected chi connectivity index (χ3v) is 3.81. The number of nitrogens with zero attached hydrogens (tertiary/aromatic N) is 1. The number of benzene rings is 2. The van der Waals surface area contributed by atoms with Crippen molar-refractivity contribution >= 4 is 16.6 Å². The molecule has 0 fully saturated rings. The summed E-state index contributed by atoms with van der Waals surface area (Å²) in [6, 6.07) is 13.7. The molecule has 0 unspecified atom stereocenters. The largest absolute Gasteiger partial charge is 0.493 e. The maximum atomic E-state index is 6.12. The fourth-order valence-corrected chi connectivity index (χ4v) is 2.72. The quantitative estimate of drug-likeness (QED) is 0.728. The standard InChI is InChI=1S/C18H20N2O2/c1-3-20-11-13(14-7-6-8-15(19)18(14)20)12-22-17-10-5-4-9-16(17)21-2/h4-11H,3,12,19H2,1-2H3. The van der Waals surface area contributed by atoms with Crippen LogP contribution >= 0.6 is 0 Å². The monoisotopic (exact) mass is 296 g/mol. The van der Waals surface area contributed by atoms with Gasteiger partial charge in [0.05, 0.1) is 18.3 Å². The van der Waals surface area contributed by atoms with Gasteiger partial charge in [-0.3, -0.25) is 0 Å². The van der Waals surface area contributed by atoms with Gasteiger partial charge in [-0.2, -0.15) is 0 Å². The molecular formula is C18H20N2O2. The number of nitrogens with two attached hydrogens (primary N) is 1. The van der Waals surface area contributed by atoms with Crippen molar-refractivity contribution in [2.24, 2.45) is 0 Å². The molecule has 0 aliphatic heterocycles. The van der Waals surface area contributed by atoms with Crippen LogP contribution in [0.4, 0.5) is 5.69 Å². The third-order valence-electron chi connectivity index (χ3n) is 3.81. The van der Waals surface area contributed by atoms with Gasteiger partial charge in [-0.15, -0.1) is 0 Å². The fraction of sp³-hybridized carbons (Fsp3) is 0.222. The summed E-state index contributed by atoms with van der Waals surface area (Å²) >= 11 is 0. The van der Waals surface area contributed by atoms with Crippen LogP contribution in [0.1, 0.15) is 12.5 Å². The van der Waals surface area contributed by atoms with Crippen LogP contribution in [0, 0.1) is 0 Å². The first-order valence-corrected chi connectivity index (χ1v) is 7.36. The van der Waals surface area contributed by atoms with Crippen LogP contribution < -0.4 is 15.2 Å². The lowest BCUT2D eigenvalue weighted by Gasteiger charge is -2.09. The summed E-state index contributed by atoms with van der Waals surface area (Å²) in [5.74, 6) is 1.48. The number of aryl methyl sites for hydroxylation is 1. The number of fused-ring (bicyclic) bond motifs is 1. The highest BCUT2D eigenvalue weighted by atomic mass is 16.5. The predicted molar refractivity (Wildman–Crippen MR) is 89.4 cm³/mol. The number of nitrogen functional groups attached to an aromatic ring is 1. The zero-order valence-electron chi connectivity index (χ0n) is 12.9. The number of para-hydroxylation sites is 3. The van der Waals surface area contributed by atoms with Crippen molar-refractivity contribution in [2.75, 3.05) is 12.8 Å². The minimum Gasteiger partial charge on any atom is -0.493 e. The number of hydrogen-bond donors (Lipinski definition) is 1. The summed E-state index contributed by atoms with van der Waals surface area (Å²) in [7, 11) is 1.64. The molecule has 1 heterocycles. The third kappa shape index (κ3) is 2.48. The second-order valence-corrected chi connectivity index (χ2v) is 5.12. The van der Waals surface area contributed by atoms with E-state index in [1.807, 2.05) is 36.4 Å². The highest BCUT2D eigenvalue weighted by molar-refractivity contribution is 5.93. The van der Waals surface area contributed by atoms with Gasteiger partial charge in [-0.1, -0.05) is 24.3 Å². The zero-order chi connectivity index (χ0) is 15.5. The molecule has 0 aliphatic carbocycles. The first-order valence-electron chi connectivity index (χ1n) is 7.36. The lowest BCUT2D eigenvalue weighted by molar-refractivity contribution is 0.285. The Hall–Kier alpha value is -2.62. The molecule has 3 aromatic rings. The number of aromatic nitrogens is 1. The van der Waals surface area contributed by atoms with Crippen molar-refractivity contribution in [1.29, 1.82) is 0 Å². The van der Waals surface area contributed by atoms with Crippen LogP contribution in [0.2, 0.25) is 0 Å². The van der Waals surface area contributed by atoms with Crippen LogP contribution in [0.3, 0.4) is 0 Å². The summed E-state index contributed by atoms with van der Waals surface area (Å²) in [5.41, 5.74) is 9.10. The molecule has 2 aromatic carbocycles. The summed E-state index contributed by atoms with van der Waals surface area (Å²) in [4.78, 5) is 0.